The second-order valence-corrected chi connectivity index (χ2v) is 9.24. The second kappa shape index (κ2) is 6.09. The minimum Gasteiger partial charge on any atom is -0.312 e. The molecule has 118 valence electrons. The van der Waals surface area contributed by atoms with Crippen molar-refractivity contribution in [3.63, 3.8) is 0 Å². The molecule has 0 fully saturated rings. The molecule has 1 aliphatic rings. The summed E-state index contributed by atoms with van der Waals surface area (Å²) >= 11 is 0. The Bertz CT molecular complexity index is 605. The first-order valence-electron chi connectivity index (χ1n) is 7.79. The van der Waals surface area contributed by atoms with Crippen molar-refractivity contribution in [2.75, 3.05) is 12.8 Å². The molecule has 1 atom stereocenters. The maximum Gasteiger partial charge on any atom is 0.154 e. The molecule has 0 aliphatic heterocycles. The average molecular weight is 309 g/mol. The molecule has 21 heavy (non-hydrogen) atoms. The van der Waals surface area contributed by atoms with E-state index in [1.807, 2.05) is 20.8 Å². The number of likely N-dealkylation sites (N-methyl/N-ethyl adjacent to an activating group) is 1. The van der Waals surface area contributed by atoms with Gasteiger partial charge in [-0.1, -0.05) is 25.1 Å². The van der Waals surface area contributed by atoms with Gasteiger partial charge in [-0.2, -0.15) is 0 Å². The molecule has 0 spiro atoms. The molecule has 0 aromatic heterocycles. The molecule has 1 aromatic rings. The highest BCUT2D eigenvalue weighted by Crippen LogP contribution is 2.26. The van der Waals surface area contributed by atoms with Gasteiger partial charge in [0, 0.05) is 12.3 Å². The fraction of sp³-hybridized carbons (Fsp3) is 0.647. The Morgan fingerprint density at radius 2 is 1.90 bits per heavy atom. The van der Waals surface area contributed by atoms with Crippen LogP contribution in [0.4, 0.5) is 0 Å². The van der Waals surface area contributed by atoms with Gasteiger partial charge in [-0.25, -0.2) is 8.42 Å². The maximum absolute atomic E-state index is 12.1. The highest BCUT2D eigenvalue weighted by atomic mass is 32.2. The van der Waals surface area contributed by atoms with E-state index in [1.54, 1.807) is 0 Å². The number of hydrogen-bond acceptors (Lipinski definition) is 3. The van der Waals surface area contributed by atoms with Crippen LogP contribution in [0.25, 0.3) is 0 Å². The van der Waals surface area contributed by atoms with Gasteiger partial charge >= 0.3 is 0 Å². The quantitative estimate of drug-likeness (QED) is 0.878. The van der Waals surface area contributed by atoms with E-state index in [2.05, 4.69) is 23.5 Å². The predicted molar refractivity (Wildman–Crippen MR) is 88.6 cm³/mol. The standard InChI is InChI=1S/C17H27NO2S/c1-5-18-16(17(2,3)21(4,19)20)12-13-9-10-14-7-6-8-15(14)11-13/h9-11,16,18H,5-8,12H2,1-4H3. The molecule has 0 saturated heterocycles. The fourth-order valence-corrected chi connectivity index (χ4v) is 3.74. The van der Waals surface area contributed by atoms with Crippen molar-refractivity contribution in [1.29, 1.82) is 0 Å². The Hall–Kier alpha value is -0.870. The topological polar surface area (TPSA) is 46.2 Å². The molecule has 3 nitrogen and oxygen atoms in total. The molecule has 1 aromatic carbocycles. The highest BCUT2D eigenvalue weighted by Gasteiger charge is 2.38. The van der Waals surface area contributed by atoms with E-state index < -0.39 is 14.6 Å². The van der Waals surface area contributed by atoms with E-state index in [-0.39, 0.29) is 6.04 Å². The van der Waals surface area contributed by atoms with Crippen LogP contribution >= 0.6 is 0 Å². The fourth-order valence-electron chi connectivity index (χ4n) is 3.06. The Labute approximate surface area is 129 Å². The molecular weight excluding hydrogens is 282 g/mol. The summed E-state index contributed by atoms with van der Waals surface area (Å²) in [6, 6.07) is 6.57. The van der Waals surface area contributed by atoms with Gasteiger partial charge in [0.25, 0.3) is 0 Å². The van der Waals surface area contributed by atoms with Gasteiger partial charge < -0.3 is 5.32 Å². The Kier molecular flexibility index (Phi) is 4.79. The Morgan fingerprint density at radius 3 is 2.52 bits per heavy atom. The summed E-state index contributed by atoms with van der Waals surface area (Å²) in [6.45, 7) is 6.44. The molecule has 1 N–H and O–H groups in total. The smallest absolute Gasteiger partial charge is 0.154 e. The van der Waals surface area contributed by atoms with E-state index in [0.717, 1.165) is 19.4 Å². The third-order valence-electron chi connectivity index (χ3n) is 4.85. The molecule has 4 heteroatoms. The van der Waals surface area contributed by atoms with Gasteiger partial charge in [0.15, 0.2) is 9.84 Å². The number of nitrogens with one attached hydrogen (secondary N) is 1. The summed E-state index contributed by atoms with van der Waals surface area (Å²) in [5.41, 5.74) is 4.14. The molecule has 2 rings (SSSR count). The van der Waals surface area contributed by atoms with E-state index >= 15 is 0 Å². The van der Waals surface area contributed by atoms with Crippen LogP contribution in [-0.2, 0) is 29.1 Å². The zero-order chi connectivity index (χ0) is 15.7. The van der Waals surface area contributed by atoms with E-state index in [1.165, 1.54) is 35.8 Å². The van der Waals surface area contributed by atoms with E-state index in [9.17, 15) is 8.42 Å². The third-order valence-corrected chi connectivity index (χ3v) is 7.04. The first-order chi connectivity index (χ1) is 9.75. The van der Waals surface area contributed by atoms with Crippen molar-refractivity contribution in [3.05, 3.63) is 34.9 Å². The lowest BCUT2D eigenvalue weighted by atomic mass is 9.94. The molecule has 1 aliphatic carbocycles. The van der Waals surface area contributed by atoms with Crippen LogP contribution in [0.3, 0.4) is 0 Å². The second-order valence-electron chi connectivity index (χ2n) is 6.65. The largest absolute Gasteiger partial charge is 0.312 e. The monoisotopic (exact) mass is 309 g/mol. The minimum absolute atomic E-state index is 0.0723. The van der Waals surface area contributed by atoms with Gasteiger partial charge in [-0.3, -0.25) is 0 Å². The van der Waals surface area contributed by atoms with Crippen molar-refractivity contribution < 1.29 is 8.42 Å². The summed E-state index contributed by atoms with van der Waals surface area (Å²) < 4.78 is 23.4. The van der Waals surface area contributed by atoms with Crippen molar-refractivity contribution >= 4 is 9.84 Å². The number of fused-ring (bicyclic) bond motifs is 1. The zero-order valence-corrected chi connectivity index (χ0v) is 14.4. The minimum atomic E-state index is -3.12. The lowest BCUT2D eigenvalue weighted by molar-refractivity contribution is 0.413. The van der Waals surface area contributed by atoms with Crippen LogP contribution in [0.15, 0.2) is 18.2 Å². The van der Waals surface area contributed by atoms with Gasteiger partial charge in [-0.05, 0) is 62.8 Å². The van der Waals surface area contributed by atoms with Gasteiger partial charge in [0.2, 0.25) is 0 Å². The first-order valence-corrected chi connectivity index (χ1v) is 9.68. The molecule has 0 radical (unpaired) electrons. The van der Waals surface area contributed by atoms with Gasteiger partial charge in [0.05, 0.1) is 4.75 Å². The van der Waals surface area contributed by atoms with E-state index in [0.29, 0.717) is 0 Å². The third kappa shape index (κ3) is 3.49. The summed E-state index contributed by atoms with van der Waals surface area (Å²) in [7, 11) is -3.12. The molecule has 1 unspecified atom stereocenters. The average Bonchev–Trinajstić information content (AvgIpc) is 2.84. The molecular formula is C17H27NO2S. The van der Waals surface area contributed by atoms with Gasteiger partial charge in [-0.15, -0.1) is 0 Å². The predicted octanol–water partition coefficient (Wildman–Crippen LogP) is 2.52. The molecule has 0 saturated carbocycles. The van der Waals surface area contributed by atoms with Crippen LogP contribution in [0.5, 0.6) is 0 Å². The summed E-state index contributed by atoms with van der Waals surface area (Å²) in [6.07, 6.45) is 5.66. The SMILES string of the molecule is CCNC(Cc1ccc2c(c1)CCC2)C(C)(C)S(C)(=O)=O. The van der Waals surface area contributed by atoms with Crippen molar-refractivity contribution in [1.82, 2.24) is 5.32 Å². The van der Waals surface area contributed by atoms with Crippen LogP contribution in [0.1, 0.15) is 43.9 Å². The molecule has 0 amide bonds. The highest BCUT2D eigenvalue weighted by molar-refractivity contribution is 7.92. The lowest BCUT2D eigenvalue weighted by Gasteiger charge is -2.33. The van der Waals surface area contributed by atoms with Crippen molar-refractivity contribution in [2.45, 2.75) is 57.2 Å². The Morgan fingerprint density at radius 1 is 1.24 bits per heavy atom. The Balaban J connectivity index is 2.24. The number of rotatable bonds is 6. The molecule has 0 bridgehead atoms. The number of sulfone groups is 1. The normalized spacial score (nSPS) is 16.8. The summed E-state index contributed by atoms with van der Waals surface area (Å²) in [4.78, 5) is 0. The summed E-state index contributed by atoms with van der Waals surface area (Å²) in [5.74, 6) is 0. The lowest BCUT2D eigenvalue weighted by Crippen LogP contribution is -2.52. The van der Waals surface area contributed by atoms with Gasteiger partial charge in [0.1, 0.15) is 0 Å². The molecule has 0 heterocycles. The number of hydrogen-bond donors (Lipinski definition) is 1. The van der Waals surface area contributed by atoms with Crippen LogP contribution < -0.4 is 5.32 Å². The van der Waals surface area contributed by atoms with E-state index in [4.69, 9.17) is 0 Å². The number of aryl methyl sites for hydroxylation is 2. The van der Waals surface area contributed by atoms with Crippen LogP contribution in [0.2, 0.25) is 0 Å². The van der Waals surface area contributed by atoms with Crippen LogP contribution in [0, 0.1) is 0 Å². The zero-order valence-electron chi connectivity index (χ0n) is 13.6. The van der Waals surface area contributed by atoms with Crippen molar-refractivity contribution in [2.24, 2.45) is 0 Å². The summed E-state index contributed by atoms with van der Waals surface area (Å²) in [5, 5.41) is 3.37. The van der Waals surface area contributed by atoms with Crippen LogP contribution in [-0.4, -0.2) is 32.0 Å². The first kappa shape index (κ1) is 16.5. The number of benzene rings is 1. The maximum atomic E-state index is 12.1. The van der Waals surface area contributed by atoms with Crippen molar-refractivity contribution in [3.8, 4) is 0 Å².